The van der Waals surface area contributed by atoms with Gasteiger partial charge in [0.2, 0.25) is 11.9 Å². The summed E-state index contributed by atoms with van der Waals surface area (Å²) < 4.78 is 0. The van der Waals surface area contributed by atoms with Crippen molar-refractivity contribution in [2.45, 2.75) is 51.7 Å². The molecule has 27 heavy (non-hydrogen) atoms. The number of hydrogen-bond acceptors (Lipinski definition) is 5. The van der Waals surface area contributed by atoms with E-state index in [1.54, 1.807) is 6.92 Å². The van der Waals surface area contributed by atoms with Crippen LogP contribution in [-0.4, -0.2) is 39.9 Å². The highest BCUT2D eigenvalue weighted by molar-refractivity contribution is 5.72. The normalized spacial score (nSPS) is 17.4. The Kier molecular flexibility index (Phi) is 7.16. The van der Waals surface area contributed by atoms with Crippen LogP contribution in [0.3, 0.4) is 0 Å². The lowest BCUT2D eigenvalue weighted by Gasteiger charge is -2.35. The molecule has 6 heteroatoms. The van der Waals surface area contributed by atoms with E-state index in [0.29, 0.717) is 12.0 Å². The quantitative estimate of drug-likeness (QED) is 0.751. The first-order chi connectivity index (χ1) is 13.2. The Bertz CT molecular complexity index is 704. The van der Waals surface area contributed by atoms with Crippen LogP contribution in [0.25, 0.3) is 0 Å². The second kappa shape index (κ2) is 10.0. The van der Waals surface area contributed by atoms with Gasteiger partial charge in [0.1, 0.15) is 0 Å². The molecule has 6 nitrogen and oxygen atoms in total. The summed E-state index contributed by atoms with van der Waals surface area (Å²) in [5.41, 5.74) is 2.34. The average Bonchev–Trinajstić information content (AvgIpc) is 2.69. The molecule has 144 valence electrons. The van der Waals surface area contributed by atoms with Crippen LogP contribution in [0.15, 0.2) is 42.7 Å². The van der Waals surface area contributed by atoms with Crippen molar-refractivity contribution in [3.05, 3.63) is 53.9 Å². The lowest BCUT2D eigenvalue weighted by molar-refractivity contribution is -0.119. The first-order valence-corrected chi connectivity index (χ1v) is 9.78. The Hall–Kier alpha value is -2.47. The van der Waals surface area contributed by atoms with Crippen molar-refractivity contribution in [3.8, 4) is 0 Å². The number of aromatic nitrogens is 2. The van der Waals surface area contributed by atoms with Crippen molar-refractivity contribution in [1.29, 1.82) is 0 Å². The van der Waals surface area contributed by atoms with Crippen molar-refractivity contribution < 1.29 is 4.79 Å². The molecule has 2 aromatic rings. The Labute approximate surface area is 161 Å². The highest BCUT2D eigenvalue weighted by Gasteiger charge is 2.22. The standard InChI is InChI=1S/C21H29N5O/c1-17(27)22-11-10-20-9-5-6-12-26(20)16-19-14-24-21(25-15-19)23-13-18-7-3-2-4-8-18/h2-4,7-8,14-15,20H,5-6,9-13,16H2,1H3,(H,22,27)(H,23,24,25)/t20-/m1/s1. The van der Waals surface area contributed by atoms with Crippen molar-refractivity contribution >= 4 is 11.9 Å². The third-order valence-corrected chi connectivity index (χ3v) is 4.99. The number of rotatable bonds is 8. The predicted molar refractivity (Wildman–Crippen MR) is 107 cm³/mol. The van der Waals surface area contributed by atoms with Gasteiger partial charge in [0.15, 0.2) is 0 Å². The van der Waals surface area contributed by atoms with E-state index >= 15 is 0 Å². The molecule has 1 aliphatic heterocycles. The molecule has 1 saturated heterocycles. The van der Waals surface area contributed by atoms with Gasteiger partial charge in [0.25, 0.3) is 0 Å². The molecule has 1 aliphatic rings. The van der Waals surface area contributed by atoms with Crippen LogP contribution >= 0.6 is 0 Å². The summed E-state index contributed by atoms with van der Waals surface area (Å²) in [7, 11) is 0. The van der Waals surface area contributed by atoms with Gasteiger partial charge in [-0.1, -0.05) is 36.8 Å². The second-order valence-electron chi connectivity index (χ2n) is 7.15. The third kappa shape index (κ3) is 6.32. The van der Waals surface area contributed by atoms with Crippen LogP contribution in [0.5, 0.6) is 0 Å². The maximum Gasteiger partial charge on any atom is 0.222 e. The highest BCUT2D eigenvalue weighted by Crippen LogP contribution is 2.21. The van der Waals surface area contributed by atoms with Gasteiger partial charge in [-0.3, -0.25) is 9.69 Å². The van der Waals surface area contributed by atoms with Crippen LogP contribution in [0, 0.1) is 0 Å². The van der Waals surface area contributed by atoms with Gasteiger partial charge in [-0.15, -0.1) is 0 Å². The topological polar surface area (TPSA) is 70.2 Å². The molecule has 1 aromatic carbocycles. The molecule has 1 fully saturated rings. The number of carbonyl (C=O) groups excluding carboxylic acids is 1. The molecular weight excluding hydrogens is 338 g/mol. The molecule has 0 saturated carbocycles. The molecule has 1 amide bonds. The molecule has 0 bridgehead atoms. The van der Waals surface area contributed by atoms with E-state index in [9.17, 15) is 4.79 Å². The van der Waals surface area contributed by atoms with E-state index in [0.717, 1.165) is 38.2 Å². The lowest BCUT2D eigenvalue weighted by atomic mass is 9.99. The summed E-state index contributed by atoms with van der Waals surface area (Å²) in [6.45, 7) is 5.00. The Morgan fingerprint density at radius 1 is 1.15 bits per heavy atom. The minimum Gasteiger partial charge on any atom is -0.356 e. The number of piperidine rings is 1. The van der Waals surface area contributed by atoms with E-state index in [-0.39, 0.29) is 5.91 Å². The number of benzene rings is 1. The molecule has 1 aromatic heterocycles. The summed E-state index contributed by atoms with van der Waals surface area (Å²) in [4.78, 5) is 22.5. The fourth-order valence-electron chi connectivity index (χ4n) is 3.55. The van der Waals surface area contributed by atoms with Gasteiger partial charge in [0, 0.05) is 50.6 Å². The van der Waals surface area contributed by atoms with E-state index in [1.165, 1.54) is 24.8 Å². The van der Waals surface area contributed by atoms with Gasteiger partial charge in [-0.2, -0.15) is 0 Å². The van der Waals surface area contributed by atoms with Crippen molar-refractivity contribution in [3.63, 3.8) is 0 Å². The maximum absolute atomic E-state index is 11.1. The first-order valence-electron chi connectivity index (χ1n) is 9.78. The molecule has 0 spiro atoms. The number of nitrogens with one attached hydrogen (secondary N) is 2. The fourth-order valence-corrected chi connectivity index (χ4v) is 3.55. The van der Waals surface area contributed by atoms with Gasteiger partial charge >= 0.3 is 0 Å². The molecule has 2 heterocycles. The average molecular weight is 367 g/mol. The Morgan fingerprint density at radius 3 is 2.67 bits per heavy atom. The second-order valence-corrected chi connectivity index (χ2v) is 7.15. The summed E-state index contributed by atoms with van der Waals surface area (Å²) in [6, 6.07) is 10.8. The van der Waals surface area contributed by atoms with Gasteiger partial charge in [-0.25, -0.2) is 9.97 Å². The maximum atomic E-state index is 11.1. The van der Waals surface area contributed by atoms with Crippen LogP contribution in [0.4, 0.5) is 5.95 Å². The van der Waals surface area contributed by atoms with Gasteiger partial charge < -0.3 is 10.6 Å². The van der Waals surface area contributed by atoms with Crippen molar-refractivity contribution in [1.82, 2.24) is 20.2 Å². The summed E-state index contributed by atoms with van der Waals surface area (Å²) in [5.74, 6) is 0.702. The molecule has 2 N–H and O–H groups in total. The zero-order chi connectivity index (χ0) is 18.9. The largest absolute Gasteiger partial charge is 0.356 e. The Morgan fingerprint density at radius 2 is 1.93 bits per heavy atom. The molecule has 0 aliphatic carbocycles. The molecule has 0 unspecified atom stereocenters. The number of likely N-dealkylation sites (tertiary alicyclic amines) is 1. The summed E-state index contributed by atoms with van der Waals surface area (Å²) in [6.07, 6.45) is 8.52. The van der Waals surface area contributed by atoms with E-state index < -0.39 is 0 Å². The summed E-state index contributed by atoms with van der Waals surface area (Å²) >= 11 is 0. The highest BCUT2D eigenvalue weighted by atomic mass is 16.1. The smallest absolute Gasteiger partial charge is 0.222 e. The summed E-state index contributed by atoms with van der Waals surface area (Å²) in [5, 5.41) is 6.18. The third-order valence-electron chi connectivity index (χ3n) is 4.99. The number of carbonyl (C=O) groups is 1. The number of anilines is 1. The zero-order valence-corrected chi connectivity index (χ0v) is 16.0. The SMILES string of the molecule is CC(=O)NCC[C@H]1CCCCN1Cc1cnc(NCc2ccccc2)nc1. The predicted octanol–water partition coefficient (Wildman–Crippen LogP) is 2.97. The fraction of sp³-hybridized carbons (Fsp3) is 0.476. The number of amides is 1. The van der Waals surface area contributed by atoms with Crippen LogP contribution in [0.2, 0.25) is 0 Å². The molecular formula is C21H29N5O. The lowest BCUT2D eigenvalue weighted by Crippen LogP contribution is -2.41. The van der Waals surface area contributed by atoms with Gasteiger partial charge in [-0.05, 0) is 31.4 Å². The zero-order valence-electron chi connectivity index (χ0n) is 16.0. The molecule has 1 atom stereocenters. The molecule has 3 rings (SSSR count). The minimum atomic E-state index is 0.0457. The van der Waals surface area contributed by atoms with Crippen molar-refractivity contribution in [2.24, 2.45) is 0 Å². The van der Waals surface area contributed by atoms with Gasteiger partial charge in [0.05, 0.1) is 0 Å². The monoisotopic (exact) mass is 367 g/mol. The minimum absolute atomic E-state index is 0.0457. The van der Waals surface area contributed by atoms with Crippen LogP contribution in [-0.2, 0) is 17.9 Å². The van der Waals surface area contributed by atoms with Crippen molar-refractivity contribution in [2.75, 3.05) is 18.4 Å². The Balaban J connectivity index is 1.50. The molecule has 0 radical (unpaired) electrons. The van der Waals surface area contributed by atoms with E-state index in [1.807, 2.05) is 30.6 Å². The van der Waals surface area contributed by atoms with Crippen LogP contribution in [0.1, 0.15) is 43.7 Å². The first kappa shape index (κ1) is 19.3. The van der Waals surface area contributed by atoms with E-state index in [2.05, 4.69) is 37.6 Å². The number of hydrogen-bond donors (Lipinski definition) is 2. The van der Waals surface area contributed by atoms with E-state index in [4.69, 9.17) is 0 Å². The number of nitrogens with zero attached hydrogens (tertiary/aromatic N) is 3. The van der Waals surface area contributed by atoms with Crippen LogP contribution < -0.4 is 10.6 Å².